The molecule has 0 aliphatic heterocycles. The zero-order valence-electron chi connectivity index (χ0n) is 7.40. The van der Waals surface area contributed by atoms with Crippen LogP contribution in [0.2, 0.25) is 0 Å². The minimum Gasteiger partial charge on any atom is -0.366 e. The van der Waals surface area contributed by atoms with E-state index in [1.54, 1.807) is 0 Å². The Balaban J connectivity index is 0.00000112. The topological polar surface area (TPSA) is 166 Å². The van der Waals surface area contributed by atoms with Gasteiger partial charge in [-0.15, -0.1) is 32.8 Å². The van der Waals surface area contributed by atoms with Crippen molar-refractivity contribution in [3.63, 3.8) is 0 Å². The first-order valence-electron chi connectivity index (χ1n) is 3.54. The molecule has 2 heterocycles. The lowest BCUT2D eigenvalue weighted by molar-refractivity contribution is 0.694. The number of anilines is 4. The van der Waals surface area contributed by atoms with E-state index in [1.807, 2.05) is 0 Å². The molecule has 2 aromatic rings. The fraction of sp³-hybridized carbons (Fsp3) is 0. The maximum Gasteiger partial charge on any atom is 0.243 e. The average molecular weight is 233 g/mol. The largest absolute Gasteiger partial charge is 0.366 e. The quantitative estimate of drug-likeness (QED) is 0.435. The molecule has 0 unspecified atom stereocenters. The van der Waals surface area contributed by atoms with Gasteiger partial charge in [-0.25, -0.2) is 0 Å². The number of nitrogen functional groups attached to an aromatic ring is 4. The van der Waals surface area contributed by atoms with Crippen LogP contribution in [0.4, 0.5) is 23.8 Å². The van der Waals surface area contributed by atoms with Crippen LogP contribution < -0.4 is 22.9 Å². The van der Waals surface area contributed by atoms with Crippen molar-refractivity contribution in [1.82, 2.24) is 29.7 Å². The van der Waals surface area contributed by atoms with Crippen LogP contribution in [-0.4, -0.2) is 29.7 Å². The summed E-state index contributed by atoms with van der Waals surface area (Å²) in [5.74, 6) is 0.169. The van der Waals surface area contributed by atoms with E-state index in [1.165, 1.54) is 9.35 Å². The van der Waals surface area contributed by atoms with Crippen molar-refractivity contribution in [2.24, 2.45) is 0 Å². The predicted molar refractivity (Wildman–Crippen MR) is 55.7 cm³/mol. The third-order valence-electron chi connectivity index (χ3n) is 1.58. The van der Waals surface area contributed by atoms with Crippen molar-refractivity contribution in [1.29, 1.82) is 0 Å². The Morgan fingerprint density at radius 3 is 1.00 bits per heavy atom. The van der Waals surface area contributed by atoms with Crippen LogP contribution in [0.15, 0.2) is 0 Å². The van der Waals surface area contributed by atoms with Crippen LogP contribution in [-0.2, 0) is 0 Å². The lowest BCUT2D eigenvalue weighted by Crippen LogP contribution is -2.19. The van der Waals surface area contributed by atoms with Crippen LogP contribution in [0, 0.1) is 0 Å². The van der Waals surface area contributed by atoms with Crippen molar-refractivity contribution < 1.29 is 0 Å². The number of hydrogen-bond donors (Lipinski definition) is 4. The molecule has 15 heavy (non-hydrogen) atoms. The van der Waals surface area contributed by atoms with Gasteiger partial charge in [-0.05, 0) is 0 Å². The Morgan fingerprint density at radius 2 is 0.800 bits per heavy atom. The summed E-state index contributed by atoms with van der Waals surface area (Å²) >= 11 is 0. The lowest BCUT2D eigenvalue weighted by Gasteiger charge is -2.07. The second kappa shape index (κ2) is 3.49. The summed E-state index contributed by atoms with van der Waals surface area (Å²) in [6, 6.07) is 0. The maximum atomic E-state index is 5.49. The van der Waals surface area contributed by atoms with E-state index in [9.17, 15) is 0 Å². The molecule has 2 aromatic heterocycles. The van der Waals surface area contributed by atoms with E-state index in [0.29, 0.717) is 0 Å². The summed E-state index contributed by atoms with van der Waals surface area (Å²) in [7, 11) is 0. The minimum absolute atomic E-state index is 0. The summed E-state index contributed by atoms with van der Waals surface area (Å²) < 4.78 is 2.40. The molecule has 0 saturated heterocycles. The van der Waals surface area contributed by atoms with E-state index in [0.717, 1.165) is 0 Å². The molecule has 0 bridgehead atoms. The number of rotatable bonds is 1. The molecule has 0 aliphatic carbocycles. The maximum absolute atomic E-state index is 5.49. The zero-order chi connectivity index (χ0) is 10.3. The normalized spacial score (nSPS) is 9.87. The first kappa shape index (κ1) is 10.8. The smallest absolute Gasteiger partial charge is 0.243 e. The number of nitrogens with two attached hydrogens (primary N) is 4. The Bertz CT molecular complexity index is 386. The van der Waals surface area contributed by atoms with Gasteiger partial charge < -0.3 is 22.9 Å². The molecule has 0 amide bonds. The van der Waals surface area contributed by atoms with Crippen molar-refractivity contribution in [2.75, 3.05) is 22.9 Å². The van der Waals surface area contributed by atoms with Gasteiger partial charge in [-0.3, -0.25) is 0 Å². The number of halogens is 1. The van der Waals surface area contributed by atoms with Crippen molar-refractivity contribution >= 4 is 36.2 Å². The Hall–Kier alpha value is -2.23. The van der Waals surface area contributed by atoms with Gasteiger partial charge in [0.05, 0.1) is 0 Å². The molecule has 0 saturated carbocycles. The monoisotopic (exact) mass is 232 g/mol. The van der Waals surface area contributed by atoms with Crippen LogP contribution in [0.5, 0.6) is 0 Å². The van der Waals surface area contributed by atoms with E-state index in [-0.39, 0.29) is 36.2 Å². The number of aromatic nitrogens is 6. The Kier molecular flexibility index (Phi) is 2.53. The molecule has 10 nitrogen and oxygen atoms in total. The minimum atomic E-state index is 0. The Labute approximate surface area is 89.6 Å². The lowest BCUT2D eigenvalue weighted by atomic mass is 10.9. The van der Waals surface area contributed by atoms with Crippen LogP contribution in [0.25, 0.3) is 0 Å². The zero-order valence-corrected chi connectivity index (χ0v) is 8.22. The number of nitrogens with zero attached hydrogens (tertiary/aromatic N) is 6. The molecule has 82 valence electrons. The molecule has 11 heteroatoms. The summed E-state index contributed by atoms with van der Waals surface area (Å²) in [4.78, 5) is 0. The highest BCUT2D eigenvalue weighted by molar-refractivity contribution is 5.85. The van der Waals surface area contributed by atoms with E-state index in [4.69, 9.17) is 22.9 Å². The average Bonchev–Trinajstić information content (AvgIpc) is 2.60. The molecule has 0 atom stereocenters. The Morgan fingerprint density at radius 1 is 0.600 bits per heavy atom. The third-order valence-corrected chi connectivity index (χ3v) is 1.58. The summed E-state index contributed by atoms with van der Waals surface area (Å²) in [6.07, 6.45) is 0. The fourth-order valence-corrected chi connectivity index (χ4v) is 1.02. The summed E-state index contributed by atoms with van der Waals surface area (Å²) in [6.45, 7) is 0. The molecule has 0 aliphatic rings. The molecule has 0 spiro atoms. The highest BCUT2D eigenvalue weighted by atomic mass is 35.5. The highest BCUT2D eigenvalue weighted by Crippen LogP contribution is 2.12. The molecule has 2 rings (SSSR count). The molecule has 0 radical (unpaired) electrons. The van der Waals surface area contributed by atoms with Gasteiger partial charge in [-0.2, -0.15) is 9.35 Å². The molecule has 8 N–H and O–H groups in total. The van der Waals surface area contributed by atoms with Gasteiger partial charge in [0, 0.05) is 0 Å². The van der Waals surface area contributed by atoms with Gasteiger partial charge in [0.1, 0.15) is 0 Å². The van der Waals surface area contributed by atoms with Gasteiger partial charge in [0.15, 0.2) is 0 Å². The number of hydrogen-bond acceptors (Lipinski definition) is 8. The van der Waals surface area contributed by atoms with Crippen LogP contribution >= 0.6 is 12.4 Å². The van der Waals surface area contributed by atoms with E-state index in [2.05, 4.69) is 20.4 Å². The molecule has 0 aromatic carbocycles. The second-order valence-corrected chi connectivity index (χ2v) is 2.46. The van der Waals surface area contributed by atoms with Gasteiger partial charge >= 0.3 is 0 Å². The standard InChI is InChI=1S/C4H8N10.ClH/c5-1-9-10-2(6)13(1)14-3(7)11-12-4(14)8;/h(H2,5,9)(H2,6,10)(H2,7,11)(H2,8,12);1H. The third kappa shape index (κ3) is 1.46. The first-order chi connectivity index (χ1) is 6.61. The molecular formula is C4H9ClN10. The van der Waals surface area contributed by atoms with Crippen molar-refractivity contribution in [3.05, 3.63) is 0 Å². The van der Waals surface area contributed by atoms with Crippen LogP contribution in [0.3, 0.4) is 0 Å². The summed E-state index contributed by atoms with van der Waals surface area (Å²) in [5, 5.41) is 14.1. The van der Waals surface area contributed by atoms with Gasteiger partial charge in [0.25, 0.3) is 0 Å². The first-order valence-corrected chi connectivity index (χ1v) is 3.54. The van der Waals surface area contributed by atoms with Crippen LogP contribution in [0.1, 0.15) is 0 Å². The molecule has 0 fully saturated rings. The summed E-state index contributed by atoms with van der Waals surface area (Å²) in [5.41, 5.74) is 22.0. The van der Waals surface area contributed by atoms with E-state index >= 15 is 0 Å². The van der Waals surface area contributed by atoms with E-state index < -0.39 is 0 Å². The SMILES string of the molecule is Cl.Nc1nnc(N)n1-n1c(N)nnc1N. The van der Waals surface area contributed by atoms with Crippen molar-refractivity contribution in [2.45, 2.75) is 0 Å². The van der Waals surface area contributed by atoms with Gasteiger partial charge in [0.2, 0.25) is 23.8 Å². The molecular weight excluding hydrogens is 224 g/mol. The second-order valence-electron chi connectivity index (χ2n) is 2.46. The van der Waals surface area contributed by atoms with Gasteiger partial charge in [-0.1, -0.05) is 0 Å². The highest BCUT2D eigenvalue weighted by Gasteiger charge is 2.14. The predicted octanol–water partition coefficient (Wildman–Crippen LogP) is -2.07. The fourth-order valence-electron chi connectivity index (χ4n) is 1.02. The van der Waals surface area contributed by atoms with Crippen molar-refractivity contribution in [3.8, 4) is 0 Å².